The van der Waals surface area contributed by atoms with E-state index in [1.165, 1.54) is 34.0 Å². The summed E-state index contributed by atoms with van der Waals surface area (Å²) in [4.78, 5) is 33.7. The first-order chi connectivity index (χ1) is 13.1. The number of anilines is 2. The normalized spacial score (nSPS) is 10.9. The van der Waals surface area contributed by atoms with Crippen molar-refractivity contribution >= 4 is 66.3 Å². The summed E-state index contributed by atoms with van der Waals surface area (Å²) in [6, 6.07) is 9.53. The Bertz CT molecular complexity index is 1120. The number of para-hydroxylation sites is 1. The van der Waals surface area contributed by atoms with Gasteiger partial charge in [0.25, 0.3) is 5.91 Å². The van der Waals surface area contributed by atoms with E-state index in [2.05, 4.69) is 20.6 Å². The molecule has 0 aliphatic heterocycles. The lowest BCUT2D eigenvalue weighted by atomic mass is 10.2. The van der Waals surface area contributed by atoms with Gasteiger partial charge in [-0.15, -0.1) is 22.7 Å². The van der Waals surface area contributed by atoms with Gasteiger partial charge in [-0.1, -0.05) is 29.5 Å². The van der Waals surface area contributed by atoms with E-state index in [9.17, 15) is 9.59 Å². The highest BCUT2D eigenvalue weighted by Gasteiger charge is 2.13. The Morgan fingerprint density at radius 2 is 1.93 bits per heavy atom. The number of nitrogens with one attached hydrogen (secondary N) is 2. The van der Waals surface area contributed by atoms with Crippen molar-refractivity contribution in [2.45, 2.75) is 13.3 Å². The van der Waals surface area contributed by atoms with Crippen LogP contribution in [0.4, 0.5) is 10.3 Å². The summed E-state index contributed by atoms with van der Waals surface area (Å²) >= 11 is 4.11. The lowest BCUT2D eigenvalue weighted by Gasteiger charge is -1.99. The van der Waals surface area contributed by atoms with E-state index in [1.54, 1.807) is 11.4 Å². The molecule has 0 unspecified atom stereocenters. The topological polar surface area (TPSA) is 84.0 Å². The molecule has 0 radical (unpaired) electrons. The molecule has 2 N–H and O–H groups in total. The molecule has 4 aromatic rings. The number of aromatic nitrogens is 2. The minimum Gasteiger partial charge on any atom is -0.302 e. The van der Waals surface area contributed by atoms with Crippen LogP contribution in [0.3, 0.4) is 0 Å². The lowest BCUT2D eigenvalue weighted by molar-refractivity contribution is -0.115. The zero-order chi connectivity index (χ0) is 18.8. The van der Waals surface area contributed by atoms with Crippen molar-refractivity contribution in [3.05, 3.63) is 57.2 Å². The van der Waals surface area contributed by atoms with E-state index < -0.39 is 0 Å². The van der Waals surface area contributed by atoms with E-state index in [1.807, 2.05) is 36.6 Å². The summed E-state index contributed by atoms with van der Waals surface area (Å²) in [5, 5.41) is 10.2. The van der Waals surface area contributed by atoms with Gasteiger partial charge < -0.3 is 5.32 Å². The second-order valence-electron chi connectivity index (χ2n) is 5.74. The third-order valence-corrected chi connectivity index (χ3v) is 6.34. The first-order valence-corrected chi connectivity index (χ1v) is 10.6. The number of carbonyl (C=O) groups is 2. The molecular weight excluding hydrogens is 400 g/mol. The van der Waals surface area contributed by atoms with Crippen LogP contribution in [0.15, 0.2) is 41.1 Å². The molecule has 3 heterocycles. The Labute approximate surface area is 166 Å². The molecule has 0 saturated carbocycles. The standard InChI is InChI=1S/C18H14N4O2S3/c1-10-4-2-5-12-15(10)21-18(27-12)20-14(23)8-11-9-26-17(19-11)22-16(24)13-6-3-7-25-13/h2-7,9H,8H2,1H3,(H,19,22,24)(H,20,21,23). The van der Waals surface area contributed by atoms with Gasteiger partial charge in [0.15, 0.2) is 10.3 Å². The van der Waals surface area contributed by atoms with Gasteiger partial charge in [0.2, 0.25) is 5.91 Å². The van der Waals surface area contributed by atoms with E-state index >= 15 is 0 Å². The zero-order valence-electron chi connectivity index (χ0n) is 14.2. The number of aryl methyl sites for hydroxylation is 1. The summed E-state index contributed by atoms with van der Waals surface area (Å²) in [6.45, 7) is 1.99. The summed E-state index contributed by atoms with van der Waals surface area (Å²) in [5.41, 5.74) is 2.59. The zero-order valence-corrected chi connectivity index (χ0v) is 16.6. The van der Waals surface area contributed by atoms with Crippen LogP contribution in [0.1, 0.15) is 20.9 Å². The maximum absolute atomic E-state index is 12.3. The van der Waals surface area contributed by atoms with Gasteiger partial charge in [0.1, 0.15) is 0 Å². The quantitative estimate of drug-likeness (QED) is 0.502. The third-order valence-electron chi connectivity index (χ3n) is 3.73. The Balaban J connectivity index is 1.38. The van der Waals surface area contributed by atoms with Crippen LogP contribution in [0.5, 0.6) is 0 Å². The van der Waals surface area contributed by atoms with Gasteiger partial charge >= 0.3 is 0 Å². The van der Waals surface area contributed by atoms with Gasteiger partial charge in [0.05, 0.1) is 27.2 Å². The number of benzene rings is 1. The monoisotopic (exact) mass is 414 g/mol. The van der Waals surface area contributed by atoms with Gasteiger partial charge in [0, 0.05) is 5.38 Å². The minimum atomic E-state index is -0.194. The average molecular weight is 415 g/mol. The molecule has 4 rings (SSSR count). The molecule has 9 heteroatoms. The number of amides is 2. The van der Waals surface area contributed by atoms with Crippen LogP contribution in [-0.2, 0) is 11.2 Å². The number of carbonyl (C=O) groups excluding carboxylic acids is 2. The number of hydrogen-bond donors (Lipinski definition) is 2. The predicted octanol–water partition coefficient (Wildman–Crippen LogP) is 4.56. The fourth-order valence-corrected chi connectivity index (χ4v) is 4.76. The molecule has 0 saturated heterocycles. The largest absolute Gasteiger partial charge is 0.302 e. The van der Waals surface area contributed by atoms with Crippen molar-refractivity contribution in [2.24, 2.45) is 0 Å². The highest BCUT2D eigenvalue weighted by Crippen LogP contribution is 2.28. The van der Waals surface area contributed by atoms with Gasteiger partial charge in [-0.05, 0) is 30.0 Å². The Morgan fingerprint density at radius 1 is 1.04 bits per heavy atom. The SMILES string of the molecule is Cc1cccc2sc(NC(=O)Cc3csc(NC(=O)c4cccs4)n3)nc12. The molecular formula is C18H14N4O2S3. The van der Waals surface area contributed by atoms with Crippen LogP contribution in [-0.4, -0.2) is 21.8 Å². The second kappa shape index (κ2) is 7.55. The van der Waals surface area contributed by atoms with Crippen LogP contribution >= 0.6 is 34.0 Å². The molecule has 1 aromatic carbocycles. The Morgan fingerprint density at radius 3 is 2.70 bits per heavy atom. The summed E-state index contributed by atoms with van der Waals surface area (Å²) in [5.74, 6) is -0.381. The Kier molecular flexibility index (Phi) is 4.97. The molecule has 0 aliphatic rings. The first kappa shape index (κ1) is 17.8. The molecule has 3 aromatic heterocycles. The lowest BCUT2D eigenvalue weighted by Crippen LogP contribution is -2.14. The fraction of sp³-hybridized carbons (Fsp3) is 0.111. The van der Waals surface area contributed by atoms with E-state index in [-0.39, 0.29) is 18.2 Å². The van der Waals surface area contributed by atoms with Crippen LogP contribution in [0.2, 0.25) is 0 Å². The van der Waals surface area contributed by atoms with E-state index in [0.29, 0.717) is 20.8 Å². The van der Waals surface area contributed by atoms with Gasteiger partial charge in [-0.2, -0.15) is 0 Å². The van der Waals surface area contributed by atoms with E-state index in [0.717, 1.165) is 15.8 Å². The summed E-state index contributed by atoms with van der Waals surface area (Å²) in [7, 11) is 0. The maximum atomic E-state index is 12.3. The number of hydrogen-bond acceptors (Lipinski definition) is 7. The van der Waals surface area contributed by atoms with Crippen molar-refractivity contribution in [2.75, 3.05) is 10.6 Å². The smallest absolute Gasteiger partial charge is 0.267 e. The third kappa shape index (κ3) is 4.05. The molecule has 27 heavy (non-hydrogen) atoms. The second-order valence-corrected chi connectivity index (χ2v) is 8.58. The molecule has 0 fully saturated rings. The van der Waals surface area contributed by atoms with E-state index in [4.69, 9.17) is 0 Å². The number of rotatable bonds is 5. The number of nitrogens with zero attached hydrogens (tertiary/aromatic N) is 2. The first-order valence-electron chi connectivity index (χ1n) is 8.04. The Hall–Kier alpha value is -2.62. The summed E-state index contributed by atoms with van der Waals surface area (Å²) in [6.07, 6.45) is 0.125. The maximum Gasteiger partial charge on any atom is 0.267 e. The van der Waals surface area contributed by atoms with Gasteiger partial charge in [-0.3, -0.25) is 14.9 Å². The molecule has 0 spiro atoms. The summed E-state index contributed by atoms with van der Waals surface area (Å²) < 4.78 is 1.04. The van der Waals surface area contributed by atoms with Crippen LogP contribution < -0.4 is 10.6 Å². The molecule has 2 amide bonds. The van der Waals surface area contributed by atoms with Crippen LogP contribution in [0.25, 0.3) is 10.2 Å². The molecule has 136 valence electrons. The van der Waals surface area contributed by atoms with Crippen molar-refractivity contribution < 1.29 is 9.59 Å². The molecule has 0 bridgehead atoms. The van der Waals surface area contributed by atoms with Crippen LogP contribution in [0, 0.1) is 6.92 Å². The minimum absolute atomic E-state index is 0.125. The average Bonchev–Trinajstić information content (AvgIpc) is 3.35. The van der Waals surface area contributed by atoms with Crippen molar-refractivity contribution in [3.8, 4) is 0 Å². The molecule has 0 atom stereocenters. The van der Waals surface area contributed by atoms with Gasteiger partial charge in [-0.25, -0.2) is 9.97 Å². The number of fused-ring (bicyclic) bond motifs is 1. The van der Waals surface area contributed by atoms with Crippen molar-refractivity contribution in [3.63, 3.8) is 0 Å². The fourth-order valence-electron chi connectivity index (χ4n) is 2.48. The van der Waals surface area contributed by atoms with Crippen molar-refractivity contribution in [1.82, 2.24) is 9.97 Å². The molecule has 0 aliphatic carbocycles. The number of thiophene rings is 1. The number of thiazole rings is 2. The highest BCUT2D eigenvalue weighted by atomic mass is 32.1. The molecule has 6 nitrogen and oxygen atoms in total. The highest BCUT2D eigenvalue weighted by molar-refractivity contribution is 7.22. The predicted molar refractivity (Wildman–Crippen MR) is 111 cm³/mol. The van der Waals surface area contributed by atoms with Crippen molar-refractivity contribution in [1.29, 1.82) is 0 Å².